The summed E-state index contributed by atoms with van der Waals surface area (Å²) in [6.07, 6.45) is 1.59. The van der Waals surface area contributed by atoms with E-state index in [2.05, 4.69) is 15.0 Å². The Bertz CT molecular complexity index is 751. The molecule has 0 amide bonds. The molecule has 2 aromatic heterocycles. The van der Waals surface area contributed by atoms with Crippen LogP contribution in [0.15, 0.2) is 23.1 Å². The zero-order valence-electron chi connectivity index (χ0n) is 10.4. The molecule has 0 radical (unpaired) electrons. The van der Waals surface area contributed by atoms with E-state index >= 15 is 0 Å². The molecule has 0 bridgehead atoms. The Labute approximate surface area is 114 Å². The molecule has 0 spiro atoms. The van der Waals surface area contributed by atoms with E-state index in [1.165, 1.54) is 0 Å². The van der Waals surface area contributed by atoms with Crippen LogP contribution in [0.3, 0.4) is 0 Å². The Morgan fingerprint density at radius 3 is 2.63 bits per heavy atom. The number of anilines is 1. The second-order valence-electron chi connectivity index (χ2n) is 4.07. The molecule has 6 nitrogen and oxygen atoms in total. The van der Waals surface area contributed by atoms with Gasteiger partial charge in [0.05, 0.1) is 5.69 Å². The van der Waals surface area contributed by atoms with Crippen molar-refractivity contribution < 1.29 is 0 Å². The van der Waals surface area contributed by atoms with Gasteiger partial charge in [0, 0.05) is 25.9 Å². The quantitative estimate of drug-likeness (QED) is 0.808. The van der Waals surface area contributed by atoms with Crippen molar-refractivity contribution in [3.63, 3.8) is 0 Å². The van der Waals surface area contributed by atoms with Gasteiger partial charge in [-0.25, -0.2) is 4.98 Å². The monoisotopic (exact) mass is 273 g/mol. The molecule has 7 heteroatoms. The number of nitriles is 1. The molecule has 0 atom stereocenters. The number of pyridine rings is 1. The van der Waals surface area contributed by atoms with Crippen LogP contribution in [0, 0.1) is 16.1 Å². The second-order valence-corrected chi connectivity index (χ2v) is 4.48. The SMILES string of the molecule is CN(C)c1ccc(-c2[nH]c(=S)[nH]c(=O)c2C#N)cn1. The van der Waals surface area contributed by atoms with Gasteiger partial charge in [0.2, 0.25) is 0 Å². The Kier molecular flexibility index (Phi) is 3.44. The number of hydrogen-bond acceptors (Lipinski definition) is 5. The molecule has 19 heavy (non-hydrogen) atoms. The zero-order valence-corrected chi connectivity index (χ0v) is 11.2. The van der Waals surface area contributed by atoms with Crippen molar-refractivity contribution in [1.82, 2.24) is 15.0 Å². The van der Waals surface area contributed by atoms with Crippen LogP contribution in [0.1, 0.15) is 5.56 Å². The largest absolute Gasteiger partial charge is 0.363 e. The summed E-state index contributed by atoms with van der Waals surface area (Å²) in [6, 6.07) is 5.45. The van der Waals surface area contributed by atoms with Crippen LogP contribution in [0.25, 0.3) is 11.3 Å². The Morgan fingerprint density at radius 1 is 1.37 bits per heavy atom. The van der Waals surface area contributed by atoms with Crippen LogP contribution < -0.4 is 10.5 Å². The third-order valence-electron chi connectivity index (χ3n) is 2.55. The van der Waals surface area contributed by atoms with Gasteiger partial charge in [-0.1, -0.05) is 0 Å². The van der Waals surface area contributed by atoms with Crippen LogP contribution in [0.5, 0.6) is 0 Å². The Hall–Kier alpha value is -2.46. The molecule has 2 heterocycles. The minimum absolute atomic E-state index is 0.00648. The Morgan fingerprint density at radius 2 is 2.11 bits per heavy atom. The van der Waals surface area contributed by atoms with Crippen molar-refractivity contribution in [2.24, 2.45) is 0 Å². The average Bonchev–Trinajstić information content (AvgIpc) is 2.38. The Balaban J connectivity index is 2.62. The molecule has 0 saturated heterocycles. The fraction of sp³-hybridized carbons (Fsp3) is 0.167. The molecule has 2 aromatic rings. The lowest BCUT2D eigenvalue weighted by Crippen LogP contribution is -2.14. The predicted octanol–water partition coefficient (Wildman–Crippen LogP) is 1.43. The highest BCUT2D eigenvalue weighted by Crippen LogP contribution is 2.19. The minimum Gasteiger partial charge on any atom is -0.363 e. The average molecular weight is 273 g/mol. The van der Waals surface area contributed by atoms with Gasteiger partial charge in [-0.05, 0) is 24.4 Å². The maximum Gasteiger partial charge on any atom is 0.270 e. The van der Waals surface area contributed by atoms with Gasteiger partial charge in [-0.3, -0.25) is 9.78 Å². The standard InChI is InChI=1S/C12H11N5OS/c1-17(2)9-4-3-7(6-14-9)10-8(5-13)11(18)16-12(19)15-10/h3-4,6H,1-2H3,(H2,15,16,18,19). The minimum atomic E-state index is -0.502. The van der Waals surface area contributed by atoms with Crippen molar-refractivity contribution >= 4 is 18.0 Å². The molecule has 2 N–H and O–H groups in total. The van der Waals surface area contributed by atoms with Gasteiger partial charge in [-0.2, -0.15) is 5.26 Å². The second kappa shape index (κ2) is 5.04. The third-order valence-corrected chi connectivity index (χ3v) is 2.75. The first-order valence-corrected chi connectivity index (χ1v) is 5.84. The van der Waals surface area contributed by atoms with Crippen LogP contribution in [0.4, 0.5) is 5.82 Å². The fourth-order valence-electron chi connectivity index (χ4n) is 1.61. The lowest BCUT2D eigenvalue weighted by molar-refractivity contribution is 1.06. The van der Waals surface area contributed by atoms with E-state index in [1.54, 1.807) is 18.3 Å². The van der Waals surface area contributed by atoms with E-state index in [0.29, 0.717) is 11.3 Å². The number of nitrogens with zero attached hydrogens (tertiary/aromatic N) is 3. The third kappa shape index (κ3) is 2.53. The first-order valence-electron chi connectivity index (χ1n) is 5.43. The number of rotatable bonds is 2. The van der Waals surface area contributed by atoms with E-state index < -0.39 is 5.56 Å². The summed E-state index contributed by atoms with van der Waals surface area (Å²) in [4.78, 5) is 22.9. The lowest BCUT2D eigenvalue weighted by Gasteiger charge is -2.11. The van der Waals surface area contributed by atoms with Gasteiger partial charge < -0.3 is 9.88 Å². The highest BCUT2D eigenvalue weighted by atomic mass is 32.1. The topological polar surface area (TPSA) is 88.6 Å². The summed E-state index contributed by atoms with van der Waals surface area (Å²) in [5.74, 6) is 0.783. The first-order chi connectivity index (χ1) is 9.02. The van der Waals surface area contributed by atoms with Crippen molar-refractivity contribution in [3.05, 3.63) is 39.0 Å². The van der Waals surface area contributed by atoms with Gasteiger partial charge in [0.1, 0.15) is 17.5 Å². The van der Waals surface area contributed by atoms with Crippen molar-refractivity contribution in [2.45, 2.75) is 0 Å². The fourth-order valence-corrected chi connectivity index (χ4v) is 1.80. The van der Waals surface area contributed by atoms with E-state index in [1.807, 2.05) is 25.1 Å². The summed E-state index contributed by atoms with van der Waals surface area (Å²) in [6.45, 7) is 0. The van der Waals surface area contributed by atoms with Gasteiger partial charge >= 0.3 is 0 Å². The molecular formula is C12H11N5OS. The zero-order chi connectivity index (χ0) is 14.0. The van der Waals surface area contributed by atoms with Crippen LogP contribution >= 0.6 is 12.2 Å². The molecule has 0 aliphatic carbocycles. The first kappa shape index (κ1) is 13.0. The molecule has 0 aliphatic rings. The van der Waals surface area contributed by atoms with Crippen LogP contribution in [-0.2, 0) is 0 Å². The van der Waals surface area contributed by atoms with Crippen LogP contribution in [-0.4, -0.2) is 29.0 Å². The van der Waals surface area contributed by atoms with Gasteiger partial charge in [-0.15, -0.1) is 0 Å². The van der Waals surface area contributed by atoms with E-state index in [-0.39, 0.29) is 10.3 Å². The molecule has 0 aliphatic heterocycles. The number of aromatic amines is 2. The number of aromatic nitrogens is 3. The van der Waals surface area contributed by atoms with Gasteiger partial charge in [0.25, 0.3) is 5.56 Å². The summed E-state index contributed by atoms with van der Waals surface area (Å²) >= 11 is 4.91. The van der Waals surface area contributed by atoms with Gasteiger partial charge in [0.15, 0.2) is 4.77 Å². The lowest BCUT2D eigenvalue weighted by atomic mass is 10.1. The maximum atomic E-state index is 11.6. The van der Waals surface area contributed by atoms with Crippen LogP contribution in [0.2, 0.25) is 0 Å². The number of hydrogen-bond donors (Lipinski definition) is 2. The predicted molar refractivity (Wildman–Crippen MR) is 74.5 cm³/mol. The molecule has 0 aromatic carbocycles. The number of H-pyrrole nitrogens is 2. The van der Waals surface area contributed by atoms with E-state index in [0.717, 1.165) is 5.82 Å². The molecular weight excluding hydrogens is 262 g/mol. The molecule has 96 valence electrons. The summed E-state index contributed by atoms with van der Waals surface area (Å²) in [7, 11) is 3.76. The van der Waals surface area contributed by atoms with Crippen molar-refractivity contribution in [3.8, 4) is 17.3 Å². The number of nitrogens with one attached hydrogen (secondary N) is 2. The van der Waals surface area contributed by atoms with E-state index in [9.17, 15) is 4.79 Å². The highest BCUT2D eigenvalue weighted by molar-refractivity contribution is 7.71. The van der Waals surface area contributed by atoms with Crippen molar-refractivity contribution in [2.75, 3.05) is 19.0 Å². The summed E-state index contributed by atoms with van der Waals surface area (Å²) < 4.78 is 0.177. The van der Waals surface area contributed by atoms with Crippen molar-refractivity contribution in [1.29, 1.82) is 5.26 Å². The molecule has 0 unspecified atom stereocenters. The van der Waals surface area contributed by atoms with E-state index in [4.69, 9.17) is 17.5 Å². The molecule has 0 fully saturated rings. The summed E-state index contributed by atoms with van der Waals surface area (Å²) in [5.41, 5.74) is 0.513. The highest BCUT2D eigenvalue weighted by Gasteiger charge is 2.10. The normalized spacial score (nSPS) is 9.95. The molecule has 2 rings (SSSR count). The smallest absolute Gasteiger partial charge is 0.270 e. The maximum absolute atomic E-state index is 11.6. The summed E-state index contributed by atoms with van der Waals surface area (Å²) in [5, 5.41) is 9.04. The molecule has 0 saturated carbocycles.